The van der Waals surface area contributed by atoms with Crippen LogP contribution in [0.3, 0.4) is 0 Å². The maximum absolute atomic E-state index is 12.8. The molecule has 24 heavy (non-hydrogen) atoms. The molecule has 0 aliphatic heterocycles. The predicted octanol–water partition coefficient (Wildman–Crippen LogP) is 4.29. The van der Waals surface area contributed by atoms with E-state index < -0.39 is 0 Å². The maximum Gasteiger partial charge on any atom is 0.322 e. The SMILES string of the molecule is O=C(Nc1ccccc1)N(Cc1ccc(Cl)cc1)[C@@H]1CC[C@@H](O)C1. The molecule has 1 saturated carbocycles. The third kappa shape index (κ3) is 4.28. The molecule has 1 fully saturated rings. The number of halogens is 1. The summed E-state index contributed by atoms with van der Waals surface area (Å²) < 4.78 is 0. The second-order valence-corrected chi connectivity index (χ2v) is 6.61. The highest BCUT2D eigenvalue weighted by atomic mass is 35.5. The van der Waals surface area contributed by atoms with Crippen molar-refractivity contribution < 1.29 is 9.90 Å². The summed E-state index contributed by atoms with van der Waals surface area (Å²) in [6.45, 7) is 0.493. The minimum Gasteiger partial charge on any atom is -0.393 e. The van der Waals surface area contributed by atoms with Gasteiger partial charge < -0.3 is 15.3 Å². The number of carbonyl (C=O) groups is 1. The van der Waals surface area contributed by atoms with Gasteiger partial charge in [0.25, 0.3) is 0 Å². The van der Waals surface area contributed by atoms with E-state index in [0.717, 1.165) is 24.1 Å². The third-order valence-electron chi connectivity index (χ3n) is 4.37. The van der Waals surface area contributed by atoms with E-state index in [4.69, 9.17) is 11.6 Å². The largest absolute Gasteiger partial charge is 0.393 e. The van der Waals surface area contributed by atoms with E-state index >= 15 is 0 Å². The van der Waals surface area contributed by atoms with Gasteiger partial charge in [0.2, 0.25) is 0 Å². The van der Waals surface area contributed by atoms with Gasteiger partial charge in [0.1, 0.15) is 0 Å². The van der Waals surface area contributed by atoms with Crippen molar-refractivity contribution in [3.8, 4) is 0 Å². The summed E-state index contributed by atoms with van der Waals surface area (Å²) >= 11 is 5.94. The summed E-state index contributed by atoms with van der Waals surface area (Å²) in [6.07, 6.45) is 1.85. The smallest absolute Gasteiger partial charge is 0.322 e. The molecule has 0 spiro atoms. The monoisotopic (exact) mass is 344 g/mol. The first kappa shape index (κ1) is 16.8. The lowest BCUT2D eigenvalue weighted by atomic mass is 10.1. The molecule has 2 aromatic carbocycles. The average Bonchev–Trinajstić information content (AvgIpc) is 3.01. The summed E-state index contributed by atoms with van der Waals surface area (Å²) in [5.74, 6) is 0. The van der Waals surface area contributed by atoms with Crippen molar-refractivity contribution in [1.82, 2.24) is 4.90 Å². The molecule has 126 valence electrons. The minimum atomic E-state index is -0.327. The van der Waals surface area contributed by atoms with Gasteiger partial charge in [-0.05, 0) is 49.1 Å². The molecule has 2 N–H and O–H groups in total. The predicted molar refractivity (Wildman–Crippen MR) is 96.1 cm³/mol. The van der Waals surface area contributed by atoms with Gasteiger partial charge in [0.05, 0.1) is 6.10 Å². The molecule has 2 atom stereocenters. The number of nitrogens with zero attached hydrogens (tertiary/aromatic N) is 1. The van der Waals surface area contributed by atoms with Gasteiger partial charge in [-0.2, -0.15) is 0 Å². The lowest BCUT2D eigenvalue weighted by Crippen LogP contribution is -2.41. The summed E-state index contributed by atoms with van der Waals surface area (Å²) in [4.78, 5) is 14.6. The number of nitrogens with one attached hydrogen (secondary N) is 1. The van der Waals surface area contributed by atoms with E-state index in [0.29, 0.717) is 18.0 Å². The lowest BCUT2D eigenvalue weighted by Gasteiger charge is -2.29. The van der Waals surface area contributed by atoms with Crippen LogP contribution in [0, 0.1) is 0 Å². The van der Waals surface area contributed by atoms with Gasteiger partial charge in [-0.3, -0.25) is 0 Å². The Morgan fingerprint density at radius 1 is 1.12 bits per heavy atom. The maximum atomic E-state index is 12.8. The molecular weight excluding hydrogens is 324 g/mol. The van der Waals surface area contributed by atoms with Crippen molar-refractivity contribution >= 4 is 23.3 Å². The highest BCUT2D eigenvalue weighted by Gasteiger charge is 2.31. The van der Waals surface area contributed by atoms with E-state index in [2.05, 4.69) is 5.32 Å². The summed E-state index contributed by atoms with van der Waals surface area (Å²) in [6, 6.07) is 16.8. The van der Waals surface area contributed by atoms with Crippen LogP contribution in [0.4, 0.5) is 10.5 Å². The summed E-state index contributed by atoms with van der Waals surface area (Å²) in [7, 11) is 0. The van der Waals surface area contributed by atoms with Gasteiger partial charge in [-0.15, -0.1) is 0 Å². The Bertz CT molecular complexity index is 676. The van der Waals surface area contributed by atoms with E-state index in [-0.39, 0.29) is 18.2 Å². The Balaban J connectivity index is 1.76. The number of aliphatic hydroxyl groups excluding tert-OH is 1. The Kier molecular flexibility index (Phi) is 5.38. The Morgan fingerprint density at radius 2 is 1.83 bits per heavy atom. The Morgan fingerprint density at radius 3 is 2.46 bits per heavy atom. The molecule has 0 saturated heterocycles. The number of para-hydroxylation sites is 1. The van der Waals surface area contributed by atoms with E-state index in [1.165, 1.54) is 0 Å². The highest BCUT2D eigenvalue weighted by molar-refractivity contribution is 6.30. The van der Waals surface area contributed by atoms with Crippen molar-refractivity contribution in [3.05, 3.63) is 65.2 Å². The first-order valence-electron chi connectivity index (χ1n) is 8.17. The van der Waals surface area contributed by atoms with Crippen LogP contribution in [0.2, 0.25) is 5.02 Å². The normalized spacial score (nSPS) is 19.9. The van der Waals surface area contributed by atoms with Crippen LogP contribution >= 0.6 is 11.6 Å². The average molecular weight is 345 g/mol. The zero-order valence-corrected chi connectivity index (χ0v) is 14.1. The van der Waals surface area contributed by atoms with E-state index in [1.54, 1.807) is 0 Å². The van der Waals surface area contributed by atoms with Crippen LogP contribution in [0.5, 0.6) is 0 Å². The quantitative estimate of drug-likeness (QED) is 0.869. The third-order valence-corrected chi connectivity index (χ3v) is 4.62. The number of hydrogen-bond acceptors (Lipinski definition) is 2. The molecule has 0 unspecified atom stereocenters. The summed E-state index contributed by atoms with van der Waals surface area (Å²) in [5.41, 5.74) is 1.78. The van der Waals surface area contributed by atoms with Crippen LogP contribution in [0.25, 0.3) is 0 Å². The fourth-order valence-corrected chi connectivity index (χ4v) is 3.21. The molecule has 0 aromatic heterocycles. The summed E-state index contributed by atoms with van der Waals surface area (Å²) in [5, 5.41) is 13.5. The number of hydrogen-bond donors (Lipinski definition) is 2. The molecule has 5 heteroatoms. The second kappa shape index (κ2) is 7.69. The molecule has 3 rings (SSSR count). The van der Waals surface area contributed by atoms with Crippen LogP contribution in [0.1, 0.15) is 24.8 Å². The Labute approximate surface area is 147 Å². The molecule has 2 aromatic rings. The number of carbonyl (C=O) groups excluding carboxylic acids is 1. The van der Waals surface area contributed by atoms with Crippen LogP contribution < -0.4 is 5.32 Å². The number of urea groups is 1. The zero-order valence-electron chi connectivity index (χ0n) is 13.4. The molecule has 2 amide bonds. The van der Waals surface area contributed by atoms with Crippen molar-refractivity contribution in [3.63, 3.8) is 0 Å². The zero-order chi connectivity index (χ0) is 16.9. The van der Waals surface area contributed by atoms with Crippen LogP contribution in [0.15, 0.2) is 54.6 Å². The van der Waals surface area contributed by atoms with Gasteiger partial charge in [-0.25, -0.2) is 4.79 Å². The number of aliphatic hydroxyl groups is 1. The van der Waals surface area contributed by atoms with Crippen molar-refractivity contribution in [2.24, 2.45) is 0 Å². The molecule has 1 aliphatic rings. The molecular formula is C19H21ClN2O2. The first-order valence-corrected chi connectivity index (χ1v) is 8.55. The van der Waals surface area contributed by atoms with Gasteiger partial charge in [-0.1, -0.05) is 41.9 Å². The number of benzene rings is 2. The fraction of sp³-hybridized carbons (Fsp3) is 0.316. The molecule has 0 bridgehead atoms. The van der Waals surface area contributed by atoms with Crippen molar-refractivity contribution in [1.29, 1.82) is 0 Å². The molecule has 0 radical (unpaired) electrons. The number of amides is 2. The van der Waals surface area contributed by atoms with Crippen LogP contribution in [-0.2, 0) is 6.54 Å². The molecule has 0 heterocycles. The van der Waals surface area contributed by atoms with Gasteiger partial charge in [0.15, 0.2) is 0 Å². The van der Waals surface area contributed by atoms with Crippen molar-refractivity contribution in [2.75, 3.05) is 5.32 Å². The Hall–Kier alpha value is -2.04. The van der Waals surface area contributed by atoms with Gasteiger partial charge in [0, 0.05) is 23.3 Å². The van der Waals surface area contributed by atoms with Gasteiger partial charge >= 0.3 is 6.03 Å². The molecule has 4 nitrogen and oxygen atoms in total. The molecule has 1 aliphatic carbocycles. The minimum absolute atomic E-state index is 0.0411. The second-order valence-electron chi connectivity index (χ2n) is 6.17. The topological polar surface area (TPSA) is 52.6 Å². The standard InChI is InChI=1S/C19H21ClN2O2/c20-15-8-6-14(7-9-15)13-22(17-10-11-18(23)12-17)19(24)21-16-4-2-1-3-5-16/h1-9,17-18,23H,10-13H2,(H,21,24)/t17-,18-/m1/s1. The van der Waals surface area contributed by atoms with E-state index in [1.807, 2.05) is 59.5 Å². The highest BCUT2D eigenvalue weighted by Crippen LogP contribution is 2.26. The first-order chi connectivity index (χ1) is 11.6. The van der Waals surface area contributed by atoms with Crippen molar-refractivity contribution in [2.45, 2.75) is 38.0 Å². The fourth-order valence-electron chi connectivity index (χ4n) is 3.09. The lowest BCUT2D eigenvalue weighted by molar-refractivity contribution is 0.156. The van der Waals surface area contributed by atoms with Crippen LogP contribution in [-0.4, -0.2) is 28.2 Å². The number of rotatable bonds is 4. The van der Waals surface area contributed by atoms with E-state index in [9.17, 15) is 9.90 Å². The number of anilines is 1.